The second-order valence-electron chi connectivity index (χ2n) is 8.32. The van der Waals surface area contributed by atoms with Gasteiger partial charge in [0.05, 0.1) is 32.9 Å². The fourth-order valence-corrected chi connectivity index (χ4v) is 4.59. The van der Waals surface area contributed by atoms with E-state index in [0.29, 0.717) is 12.6 Å². The van der Waals surface area contributed by atoms with Crippen LogP contribution in [0.25, 0.3) is 0 Å². The lowest BCUT2D eigenvalue weighted by Crippen LogP contribution is -2.49. The number of likely N-dealkylation sites (N-methyl/N-ethyl adjacent to an activating group) is 1. The number of ether oxygens (including phenoxy) is 2. The summed E-state index contributed by atoms with van der Waals surface area (Å²) in [5.74, 6) is 1.80. The summed E-state index contributed by atoms with van der Waals surface area (Å²) >= 11 is 0. The fourth-order valence-electron chi connectivity index (χ4n) is 4.59. The Kier molecular flexibility index (Phi) is 9.90. The van der Waals surface area contributed by atoms with Crippen LogP contribution in [0.4, 0.5) is 0 Å². The Morgan fingerprint density at radius 1 is 1.13 bits per heavy atom. The number of nitrogens with one attached hydrogen (secondary N) is 2. The molecule has 2 heterocycles. The highest BCUT2D eigenvalue weighted by Crippen LogP contribution is 2.24. The number of hydrogen-bond acceptors (Lipinski definition) is 5. The second kappa shape index (κ2) is 12.9. The van der Waals surface area contributed by atoms with E-state index in [1.165, 1.54) is 31.4 Å². The molecule has 0 saturated carbocycles. The van der Waals surface area contributed by atoms with Gasteiger partial charge in [-0.25, -0.2) is 0 Å². The first-order valence-electron chi connectivity index (χ1n) is 12.0. The summed E-state index contributed by atoms with van der Waals surface area (Å²) in [5.41, 5.74) is 1.27. The summed E-state index contributed by atoms with van der Waals surface area (Å²) in [4.78, 5) is 10.1. The highest BCUT2D eigenvalue weighted by Gasteiger charge is 2.24. The van der Waals surface area contributed by atoms with Crippen LogP contribution >= 0.6 is 0 Å². The summed E-state index contributed by atoms with van der Waals surface area (Å²) in [5, 5.41) is 7.06. The van der Waals surface area contributed by atoms with E-state index in [-0.39, 0.29) is 6.04 Å². The lowest BCUT2D eigenvalue weighted by Gasteiger charge is -2.35. The third kappa shape index (κ3) is 7.09. The van der Waals surface area contributed by atoms with Crippen molar-refractivity contribution in [3.8, 4) is 5.75 Å². The fraction of sp³-hybridized carbons (Fsp3) is 0.708. The first kappa shape index (κ1) is 23.8. The number of nitrogens with zero attached hydrogens (tertiary/aromatic N) is 3. The highest BCUT2D eigenvalue weighted by atomic mass is 16.5. The molecule has 2 unspecified atom stereocenters. The zero-order valence-electron chi connectivity index (χ0n) is 19.6. The van der Waals surface area contributed by atoms with Crippen LogP contribution in [0, 0.1) is 0 Å². The van der Waals surface area contributed by atoms with E-state index >= 15 is 0 Å². The van der Waals surface area contributed by atoms with Crippen molar-refractivity contribution in [2.75, 3.05) is 66.1 Å². The average molecular weight is 432 g/mol. The third-order valence-electron chi connectivity index (χ3n) is 6.41. The van der Waals surface area contributed by atoms with Gasteiger partial charge < -0.3 is 20.1 Å². The van der Waals surface area contributed by atoms with Crippen molar-refractivity contribution in [2.45, 2.75) is 45.2 Å². The number of rotatable bonds is 9. The Bertz CT molecular complexity index is 660. The van der Waals surface area contributed by atoms with E-state index in [1.807, 2.05) is 12.1 Å². The van der Waals surface area contributed by atoms with Crippen molar-refractivity contribution in [3.05, 3.63) is 29.8 Å². The molecular formula is C24H41N5O2. The standard InChI is InChI=1S/C24H41N5O2/c1-4-25-24(26-18-21-8-6-7-13-28(21)5-2)27-19-23(29-14-16-31-17-15-29)20-9-11-22(30-3)12-10-20/h9-12,21,23H,4-8,13-19H2,1-3H3,(H2,25,26,27). The van der Waals surface area contributed by atoms with Gasteiger partial charge in [-0.15, -0.1) is 0 Å². The van der Waals surface area contributed by atoms with Crippen molar-refractivity contribution in [1.29, 1.82) is 0 Å². The van der Waals surface area contributed by atoms with E-state index in [9.17, 15) is 0 Å². The molecule has 0 spiro atoms. The molecule has 2 aliphatic rings. The molecule has 31 heavy (non-hydrogen) atoms. The van der Waals surface area contributed by atoms with Crippen LogP contribution in [0.5, 0.6) is 5.75 Å². The molecule has 0 aliphatic carbocycles. The van der Waals surface area contributed by atoms with Crippen LogP contribution in [-0.2, 0) is 4.74 Å². The Hall–Kier alpha value is -1.83. The largest absolute Gasteiger partial charge is 0.497 e. The van der Waals surface area contributed by atoms with Gasteiger partial charge in [0, 0.05) is 32.2 Å². The molecule has 2 fully saturated rings. The van der Waals surface area contributed by atoms with Crippen molar-refractivity contribution >= 4 is 5.96 Å². The van der Waals surface area contributed by atoms with Gasteiger partial charge in [0.15, 0.2) is 5.96 Å². The minimum Gasteiger partial charge on any atom is -0.497 e. The van der Waals surface area contributed by atoms with Crippen LogP contribution in [0.1, 0.15) is 44.7 Å². The number of guanidine groups is 1. The summed E-state index contributed by atoms with van der Waals surface area (Å²) in [6.07, 6.45) is 3.91. The Morgan fingerprint density at radius 3 is 2.58 bits per heavy atom. The molecule has 7 nitrogen and oxygen atoms in total. The maximum absolute atomic E-state index is 5.59. The molecule has 2 saturated heterocycles. The molecule has 0 aromatic heterocycles. The molecule has 1 aromatic carbocycles. The van der Waals surface area contributed by atoms with Crippen molar-refractivity contribution in [3.63, 3.8) is 0 Å². The lowest BCUT2D eigenvalue weighted by molar-refractivity contribution is 0.0179. The molecule has 2 N–H and O–H groups in total. The predicted octanol–water partition coefficient (Wildman–Crippen LogP) is 2.50. The van der Waals surface area contributed by atoms with E-state index in [1.54, 1.807) is 7.11 Å². The number of hydrogen-bond donors (Lipinski definition) is 2. The predicted molar refractivity (Wildman–Crippen MR) is 127 cm³/mol. The van der Waals surface area contributed by atoms with Crippen LogP contribution < -0.4 is 15.4 Å². The van der Waals surface area contributed by atoms with Gasteiger partial charge >= 0.3 is 0 Å². The number of piperidine rings is 1. The number of likely N-dealkylation sites (tertiary alicyclic amines) is 1. The van der Waals surface area contributed by atoms with E-state index in [2.05, 4.69) is 46.4 Å². The molecule has 1 aromatic rings. The smallest absolute Gasteiger partial charge is 0.191 e. The van der Waals surface area contributed by atoms with Gasteiger partial charge in [0.2, 0.25) is 0 Å². The Balaban J connectivity index is 1.68. The molecule has 174 valence electrons. The van der Waals surface area contributed by atoms with E-state index < -0.39 is 0 Å². The van der Waals surface area contributed by atoms with Gasteiger partial charge in [-0.3, -0.25) is 14.8 Å². The Morgan fingerprint density at radius 2 is 1.90 bits per heavy atom. The van der Waals surface area contributed by atoms with Crippen LogP contribution in [0.2, 0.25) is 0 Å². The first-order valence-corrected chi connectivity index (χ1v) is 12.0. The van der Waals surface area contributed by atoms with Gasteiger partial charge in [-0.2, -0.15) is 0 Å². The zero-order chi connectivity index (χ0) is 21.9. The lowest BCUT2D eigenvalue weighted by atomic mass is 10.0. The Labute approximate surface area is 188 Å². The molecule has 3 rings (SSSR count). The minimum absolute atomic E-state index is 0.229. The molecule has 0 radical (unpaired) electrons. The number of morpholine rings is 1. The van der Waals surface area contributed by atoms with Gasteiger partial charge in [0.1, 0.15) is 5.75 Å². The molecule has 2 atom stereocenters. The molecule has 7 heteroatoms. The zero-order valence-corrected chi connectivity index (χ0v) is 19.6. The minimum atomic E-state index is 0.229. The van der Waals surface area contributed by atoms with Crippen molar-refractivity contribution < 1.29 is 9.47 Å². The molecule has 0 bridgehead atoms. The first-order chi connectivity index (χ1) is 15.2. The molecule has 2 aliphatic heterocycles. The van der Waals surface area contributed by atoms with Crippen molar-refractivity contribution in [2.24, 2.45) is 4.99 Å². The summed E-state index contributed by atoms with van der Waals surface area (Å²) in [7, 11) is 1.71. The van der Waals surface area contributed by atoms with Gasteiger partial charge in [-0.1, -0.05) is 25.5 Å². The maximum atomic E-state index is 5.59. The van der Waals surface area contributed by atoms with Crippen LogP contribution in [0.15, 0.2) is 29.3 Å². The van der Waals surface area contributed by atoms with Gasteiger partial charge in [-0.05, 0) is 50.6 Å². The van der Waals surface area contributed by atoms with Crippen LogP contribution in [-0.4, -0.2) is 87.9 Å². The van der Waals surface area contributed by atoms with Crippen molar-refractivity contribution in [1.82, 2.24) is 20.4 Å². The average Bonchev–Trinajstić information content (AvgIpc) is 2.83. The normalized spacial score (nSPS) is 22.2. The quantitative estimate of drug-likeness (QED) is 0.463. The summed E-state index contributed by atoms with van der Waals surface area (Å²) < 4.78 is 10.9. The van der Waals surface area contributed by atoms with E-state index in [4.69, 9.17) is 14.5 Å². The number of methoxy groups -OCH3 is 1. The third-order valence-corrected chi connectivity index (χ3v) is 6.41. The topological polar surface area (TPSA) is 61.4 Å². The van der Waals surface area contributed by atoms with Gasteiger partial charge in [0.25, 0.3) is 0 Å². The van der Waals surface area contributed by atoms with E-state index in [0.717, 1.165) is 57.6 Å². The number of aliphatic imine (C=N–C) groups is 1. The SMILES string of the molecule is CCNC(=NCC(c1ccc(OC)cc1)N1CCOCC1)NCC1CCCCN1CC. The number of benzene rings is 1. The molecule has 0 amide bonds. The molecular weight excluding hydrogens is 390 g/mol. The van der Waals surface area contributed by atoms with Crippen LogP contribution in [0.3, 0.4) is 0 Å². The highest BCUT2D eigenvalue weighted by molar-refractivity contribution is 5.79. The second-order valence-corrected chi connectivity index (χ2v) is 8.32. The summed E-state index contributed by atoms with van der Waals surface area (Å²) in [6.45, 7) is 12.7. The summed E-state index contributed by atoms with van der Waals surface area (Å²) in [6, 6.07) is 9.23. The monoisotopic (exact) mass is 431 g/mol. The maximum Gasteiger partial charge on any atom is 0.191 e.